The monoisotopic (exact) mass is 192 g/mol. The van der Waals surface area contributed by atoms with Gasteiger partial charge in [-0.1, -0.05) is 6.92 Å². The van der Waals surface area contributed by atoms with Crippen LogP contribution in [0.25, 0.3) is 0 Å². The molecule has 13 heavy (non-hydrogen) atoms. The Morgan fingerprint density at radius 1 is 1.54 bits per heavy atom. The molecule has 2 nitrogen and oxygen atoms in total. The van der Waals surface area contributed by atoms with E-state index in [-0.39, 0.29) is 6.04 Å². The number of hydrogen-bond donors (Lipinski definition) is 0. The van der Waals surface area contributed by atoms with Crippen LogP contribution in [0.3, 0.4) is 0 Å². The number of alkyl halides is 3. The molecule has 0 N–H and O–H groups in total. The minimum atomic E-state index is -4.33. The van der Waals surface area contributed by atoms with Gasteiger partial charge in [0.15, 0.2) is 5.69 Å². The largest absolute Gasteiger partial charge is 0.435 e. The number of halogens is 3. The predicted molar refractivity (Wildman–Crippen MR) is 42.2 cm³/mol. The van der Waals surface area contributed by atoms with Crippen LogP contribution in [-0.4, -0.2) is 9.78 Å². The van der Waals surface area contributed by atoms with Gasteiger partial charge in [0.1, 0.15) is 0 Å². The fourth-order valence-electron chi connectivity index (χ4n) is 0.922. The average Bonchev–Trinajstić information content (AvgIpc) is 2.50. The summed E-state index contributed by atoms with van der Waals surface area (Å²) in [6.45, 7) is 3.73. The second kappa shape index (κ2) is 3.40. The van der Waals surface area contributed by atoms with Crippen LogP contribution < -0.4 is 0 Å². The summed E-state index contributed by atoms with van der Waals surface area (Å²) >= 11 is 0. The molecule has 0 aliphatic carbocycles. The van der Waals surface area contributed by atoms with Gasteiger partial charge in [0.2, 0.25) is 0 Å². The summed E-state index contributed by atoms with van der Waals surface area (Å²) in [5.41, 5.74) is -0.826. The fourth-order valence-corrected chi connectivity index (χ4v) is 0.922. The third-order valence-corrected chi connectivity index (χ3v) is 1.94. The SMILES string of the molecule is CCC(C)n1ccc(C(F)(F)F)n1. The molecule has 0 spiro atoms. The lowest BCUT2D eigenvalue weighted by molar-refractivity contribution is -0.141. The minimum Gasteiger partial charge on any atom is -0.269 e. The smallest absolute Gasteiger partial charge is 0.269 e. The second-order valence-corrected chi connectivity index (χ2v) is 2.94. The maximum atomic E-state index is 12.1. The van der Waals surface area contributed by atoms with Gasteiger partial charge >= 0.3 is 6.18 Å². The van der Waals surface area contributed by atoms with Crippen molar-refractivity contribution >= 4 is 0 Å². The third kappa shape index (κ3) is 2.23. The molecule has 0 saturated heterocycles. The van der Waals surface area contributed by atoms with Crippen molar-refractivity contribution in [3.8, 4) is 0 Å². The van der Waals surface area contributed by atoms with Crippen LogP contribution in [0.2, 0.25) is 0 Å². The second-order valence-electron chi connectivity index (χ2n) is 2.94. The van der Waals surface area contributed by atoms with Crippen LogP contribution in [0.1, 0.15) is 32.0 Å². The first-order valence-corrected chi connectivity index (χ1v) is 4.07. The molecule has 74 valence electrons. The van der Waals surface area contributed by atoms with Gasteiger partial charge in [-0.2, -0.15) is 18.3 Å². The van der Waals surface area contributed by atoms with Crippen LogP contribution >= 0.6 is 0 Å². The van der Waals surface area contributed by atoms with Crippen molar-refractivity contribution in [2.24, 2.45) is 0 Å². The quantitative estimate of drug-likeness (QED) is 0.704. The van der Waals surface area contributed by atoms with Crippen molar-refractivity contribution in [1.29, 1.82) is 0 Å². The van der Waals surface area contributed by atoms with Crippen molar-refractivity contribution in [2.45, 2.75) is 32.5 Å². The van der Waals surface area contributed by atoms with E-state index in [1.165, 1.54) is 10.9 Å². The Kier molecular flexibility index (Phi) is 2.63. The Balaban J connectivity index is 2.87. The van der Waals surface area contributed by atoms with Crippen LogP contribution in [0.4, 0.5) is 13.2 Å². The molecule has 0 bridgehead atoms. The Morgan fingerprint density at radius 2 is 2.15 bits per heavy atom. The summed E-state index contributed by atoms with van der Waals surface area (Å²) in [4.78, 5) is 0. The van der Waals surface area contributed by atoms with Gasteiger partial charge in [0, 0.05) is 12.2 Å². The first-order valence-electron chi connectivity index (χ1n) is 4.07. The Hall–Kier alpha value is -1.00. The molecule has 1 rings (SSSR count). The first-order chi connectivity index (χ1) is 5.95. The number of aromatic nitrogens is 2. The zero-order valence-electron chi connectivity index (χ0n) is 7.47. The molecule has 1 aromatic rings. The van der Waals surface area contributed by atoms with Crippen molar-refractivity contribution < 1.29 is 13.2 Å². The van der Waals surface area contributed by atoms with E-state index in [1.807, 2.05) is 13.8 Å². The van der Waals surface area contributed by atoms with Gasteiger partial charge in [-0.25, -0.2) is 0 Å². The van der Waals surface area contributed by atoms with E-state index in [4.69, 9.17) is 0 Å². The summed E-state index contributed by atoms with van der Waals surface area (Å²) in [7, 11) is 0. The van der Waals surface area contributed by atoms with Gasteiger partial charge in [-0.3, -0.25) is 4.68 Å². The highest BCUT2D eigenvalue weighted by Crippen LogP contribution is 2.27. The highest BCUT2D eigenvalue weighted by Gasteiger charge is 2.33. The molecule has 0 amide bonds. The van der Waals surface area contributed by atoms with Crippen LogP contribution in [0, 0.1) is 0 Å². The standard InChI is InChI=1S/C8H11F3N2/c1-3-6(2)13-5-4-7(12-13)8(9,10)11/h4-6H,3H2,1-2H3. The molecule has 5 heteroatoms. The third-order valence-electron chi connectivity index (χ3n) is 1.94. The van der Waals surface area contributed by atoms with Gasteiger partial charge in [0.25, 0.3) is 0 Å². The molecule has 1 atom stereocenters. The summed E-state index contributed by atoms with van der Waals surface area (Å²) in [5, 5.41) is 3.44. The maximum absolute atomic E-state index is 12.1. The Labute approximate surface area is 74.4 Å². The maximum Gasteiger partial charge on any atom is 0.435 e. The lowest BCUT2D eigenvalue weighted by Gasteiger charge is -2.08. The van der Waals surface area contributed by atoms with Gasteiger partial charge in [-0.15, -0.1) is 0 Å². The zero-order valence-corrected chi connectivity index (χ0v) is 7.47. The molecule has 0 saturated carbocycles. The van der Waals surface area contributed by atoms with E-state index in [9.17, 15) is 13.2 Å². The van der Waals surface area contributed by atoms with E-state index >= 15 is 0 Å². The number of nitrogens with zero attached hydrogens (tertiary/aromatic N) is 2. The van der Waals surface area contributed by atoms with Gasteiger partial charge in [0.05, 0.1) is 0 Å². The van der Waals surface area contributed by atoms with Crippen molar-refractivity contribution in [3.63, 3.8) is 0 Å². The fraction of sp³-hybridized carbons (Fsp3) is 0.625. The number of rotatable bonds is 2. The Bertz CT molecular complexity index is 277. The first kappa shape index (κ1) is 10.1. The van der Waals surface area contributed by atoms with E-state index in [0.717, 1.165) is 12.5 Å². The van der Waals surface area contributed by atoms with Crippen molar-refractivity contribution in [3.05, 3.63) is 18.0 Å². The van der Waals surface area contributed by atoms with Crippen LogP contribution in [0.5, 0.6) is 0 Å². The topological polar surface area (TPSA) is 17.8 Å². The predicted octanol–water partition coefficient (Wildman–Crippen LogP) is 2.87. The molecule has 0 aromatic carbocycles. The molecule has 1 unspecified atom stereocenters. The lowest BCUT2D eigenvalue weighted by Crippen LogP contribution is -2.10. The highest BCUT2D eigenvalue weighted by molar-refractivity contribution is 5.03. The molecule has 0 aliphatic heterocycles. The van der Waals surface area contributed by atoms with Crippen LogP contribution in [0.15, 0.2) is 12.3 Å². The number of hydrogen-bond acceptors (Lipinski definition) is 1. The van der Waals surface area contributed by atoms with Gasteiger partial charge in [-0.05, 0) is 19.4 Å². The van der Waals surface area contributed by atoms with Gasteiger partial charge < -0.3 is 0 Å². The van der Waals surface area contributed by atoms with E-state index in [0.29, 0.717) is 0 Å². The molecule has 0 aliphatic rings. The zero-order chi connectivity index (χ0) is 10.1. The van der Waals surface area contributed by atoms with Crippen molar-refractivity contribution in [1.82, 2.24) is 9.78 Å². The highest BCUT2D eigenvalue weighted by atomic mass is 19.4. The summed E-state index contributed by atoms with van der Waals surface area (Å²) in [6, 6.07) is 1.00. The molecule has 0 fully saturated rings. The minimum absolute atomic E-state index is 0.0103. The van der Waals surface area contributed by atoms with Crippen LogP contribution in [-0.2, 0) is 6.18 Å². The molecule has 0 radical (unpaired) electrons. The van der Waals surface area contributed by atoms with E-state index in [2.05, 4.69) is 5.10 Å². The Morgan fingerprint density at radius 3 is 2.54 bits per heavy atom. The molecular weight excluding hydrogens is 181 g/mol. The lowest BCUT2D eigenvalue weighted by atomic mass is 10.3. The summed E-state index contributed by atoms with van der Waals surface area (Å²) in [6.07, 6.45) is -2.21. The van der Waals surface area contributed by atoms with E-state index < -0.39 is 11.9 Å². The summed E-state index contributed by atoms with van der Waals surface area (Å²) in [5.74, 6) is 0. The average molecular weight is 192 g/mol. The molecular formula is C8H11F3N2. The summed E-state index contributed by atoms with van der Waals surface area (Å²) < 4.78 is 37.6. The molecule has 1 heterocycles. The van der Waals surface area contributed by atoms with Crippen molar-refractivity contribution in [2.75, 3.05) is 0 Å². The normalized spacial score (nSPS) is 14.5. The van der Waals surface area contributed by atoms with E-state index in [1.54, 1.807) is 0 Å². The molecule has 1 aromatic heterocycles.